The lowest BCUT2D eigenvalue weighted by atomic mass is 9.90. The fourth-order valence-electron chi connectivity index (χ4n) is 3.81. The molecule has 1 aliphatic heterocycles. The van der Waals surface area contributed by atoms with E-state index in [0.29, 0.717) is 23.9 Å². The largest absolute Gasteiger partial charge is 0.497 e. The van der Waals surface area contributed by atoms with E-state index in [4.69, 9.17) is 4.74 Å². The molecule has 6 heteroatoms. The number of piperidine rings is 1. The lowest BCUT2D eigenvalue weighted by Gasteiger charge is -2.32. The van der Waals surface area contributed by atoms with Gasteiger partial charge in [-0.1, -0.05) is 36.4 Å². The Balaban J connectivity index is 1.39. The predicted octanol–water partition coefficient (Wildman–Crippen LogP) is 3.05. The van der Waals surface area contributed by atoms with Crippen molar-refractivity contribution in [2.75, 3.05) is 45.7 Å². The molecule has 0 spiro atoms. The van der Waals surface area contributed by atoms with Gasteiger partial charge in [0, 0.05) is 18.8 Å². The molecule has 160 valence electrons. The Morgan fingerprint density at radius 1 is 1.10 bits per heavy atom. The Morgan fingerprint density at radius 3 is 2.53 bits per heavy atom. The minimum atomic E-state index is -0.222. The number of nitrogens with one attached hydrogen (secondary N) is 1. The molecular weight excluding hydrogens is 378 g/mol. The highest BCUT2D eigenvalue weighted by molar-refractivity contribution is 5.94. The van der Waals surface area contributed by atoms with Gasteiger partial charge in [0.1, 0.15) is 5.75 Å². The second-order valence-electron chi connectivity index (χ2n) is 7.94. The lowest BCUT2D eigenvalue weighted by molar-refractivity contribution is -0.134. The third-order valence-corrected chi connectivity index (χ3v) is 5.59. The van der Waals surface area contributed by atoms with Crippen LogP contribution in [-0.4, -0.2) is 62.0 Å². The number of ether oxygens (including phenoxy) is 1. The molecule has 2 amide bonds. The summed E-state index contributed by atoms with van der Waals surface area (Å²) in [7, 11) is 3.26. The third kappa shape index (κ3) is 6.59. The number of benzene rings is 2. The molecule has 1 heterocycles. The summed E-state index contributed by atoms with van der Waals surface area (Å²) in [5, 5.41) is 2.81. The second kappa shape index (κ2) is 10.8. The number of carbonyl (C=O) groups is 2. The van der Waals surface area contributed by atoms with E-state index in [9.17, 15) is 9.59 Å². The molecule has 0 bridgehead atoms. The maximum Gasteiger partial charge on any atom is 0.243 e. The average Bonchev–Trinajstić information content (AvgIpc) is 2.76. The quantitative estimate of drug-likeness (QED) is 0.728. The van der Waals surface area contributed by atoms with E-state index >= 15 is 0 Å². The van der Waals surface area contributed by atoms with Crippen molar-refractivity contribution in [2.45, 2.75) is 19.3 Å². The smallest absolute Gasteiger partial charge is 0.243 e. The molecule has 6 nitrogen and oxygen atoms in total. The standard InChI is InChI=1S/C24H31N3O3/c1-26(17-23(28)25-21-9-6-10-22(16-21)30-2)24(29)18-27-13-11-20(12-14-27)15-19-7-4-3-5-8-19/h3-10,16,20H,11-15,17-18H2,1-2H3,(H,25,28). The van der Waals surface area contributed by atoms with E-state index in [2.05, 4.69) is 34.5 Å². The van der Waals surface area contributed by atoms with E-state index in [-0.39, 0.29) is 18.4 Å². The van der Waals surface area contributed by atoms with E-state index < -0.39 is 0 Å². The van der Waals surface area contributed by atoms with Crippen LogP contribution in [0.15, 0.2) is 54.6 Å². The van der Waals surface area contributed by atoms with Crippen LogP contribution in [0.3, 0.4) is 0 Å². The molecule has 0 aliphatic carbocycles. The summed E-state index contributed by atoms with van der Waals surface area (Å²) in [5.74, 6) is 1.09. The van der Waals surface area contributed by atoms with Crippen LogP contribution in [0.1, 0.15) is 18.4 Å². The van der Waals surface area contributed by atoms with E-state index in [1.54, 1.807) is 26.3 Å². The van der Waals surface area contributed by atoms with Gasteiger partial charge in [0.2, 0.25) is 11.8 Å². The number of likely N-dealkylation sites (tertiary alicyclic amines) is 1. The van der Waals surface area contributed by atoms with Gasteiger partial charge in [0.15, 0.2) is 0 Å². The summed E-state index contributed by atoms with van der Waals surface area (Å²) in [5.41, 5.74) is 2.04. The minimum Gasteiger partial charge on any atom is -0.497 e. The Morgan fingerprint density at radius 2 is 1.83 bits per heavy atom. The highest BCUT2D eigenvalue weighted by atomic mass is 16.5. The van der Waals surface area contributed by atoms with Gasteiger partial charge in [-0.3, -0.25) is 14.5 Å². The van der Waals surface area contributed by atoms with Crippen LogP contribution >= 0.6 is 0 Å². The summed E-state index contributed by atoms with van der Waals surface area (Å²) in [4.78, 5) is 28.5. The van der Waals surface area contributed by atoms with Crippen molar-refractivity contribution in [1.29, 1.82) is 0 Å². The zero-order chi connectivity index (χ0) is 21.3. The normalized spacial score (nSPS) is 14.9. The molecule has 0 aromatic heterocycles. The van der Waals surface area contributed by atoms with Gasteiger partial charge >= 0.3 is 0 Å². The number of rotatable bonds is 8. The summed E-state index contributed by atoms with van der Waals surface area (Å²) >= 11 is 0. The number of nitrogens with zero attached hydrogens (tertiary/aromatic N) is 2. The van der Waals surface area contributed by atoms with Crippen molar-refractivity contribution < 1.29 is 14.3 Å². The first-order valence-electron chi connectivity index (χ1n) is 10.5. The predicted molar refractivity (Wildman–Crippen MR) is 119 cm³/mol. The number of carbonyl (C=O) groups excluding carboxylic acids is 2. The summed E-state index contributed by atoms with van der Waals surface area (Å²) in [6, 6.07) is 17.8. The van der Waals surface area contributed by atoms with Crippen LogP contribution in [0, 0.1) is 5.92 Å². The maximum absolute atomic E-state index is 12.6. The zero-order valence-electron chi connectivity index (χ0n) is 17.8. The number of hydrogen-bond acceptors (Lipinski definition) is 4. The van der Waals surface area contributed by atoms with Crippen molar-refractivity contribution >= 4 is 17.5 Å². The highest BCUT2D eigenvalue weighted by Gasteiger charge is 2.23. The van der Waals surface area contributed by atoms with Crippen LogP contribution in [0.4, 0.5) is 5.69 Å². The van der Waals surface area contributed by atoms with Gasteiger partial charge in [-0.05, 0) is 56.0 Å². The van der Waals surface area contributed by atoms with Crippen molar-refractivity contribution in [1.82, 2.24) is 9.80 Å². The van der Waals surface area contributed by atoms with E-state index in [0.717, 1.165) is 32.4 Å². The van der Waals surface area contributed by atoms with Crippen molar-refractivity contribution in [3.05, 3.63) is 60.2 Å². The molecule has 0 radical (unpaired) electrons. The number of anilines is 1. The molecule has 3 rings (SSSR count). The third-order valence-electron chi connectivity index (χ3n) is 5.59. The van der Waals surface area contributed by atoms with Crippen LogP contribution in [0.25, 0.3) is 0 Å². The maximum atomic E-state index is 12.6. The van der Waals surface area contributed by atoms with Gasteiger partial charge in [0.05, 0.1) is 20.2 Å². The fraction of sp³-hybridized carbons (Fsp3) is 0.417. The van der Waals surface area contributed by atoms with Gasteiger partial charge in [-0.15, -0.1) is 0 Å². The Hall–Kier alpha value is -2.86. The molecule has 1 fully saturated rings. The molecule has 0 atom stereocenters. The summed E-state index contributed by atoms with van der Waals surface area (Å²) in [6.45, 7) is 2.24. The molecule has 0 unspecified atom stereocenters. The van der Waals surface area contributed by atoms with Crippen molar-refractivity contribution in [3.63, 3.8) is 0 Å². The molecule has 1 aliphatic rings. The van der Waals surface area contributed by atoms with Crippen molar-refractivity contribution in [2.24, 2.45) is 5.92 Å². The second-order valence-corrected chi connectivity index (χ2v) is 7.94. The number of amides is 2. The Bertz CT molecular complexity index is 833. The molecular formula is C24H31N3O3. The molecule has 0 saturated carbocycles. The summed E-state index contributed by atoms with van der Waals surface area (Å²) < 4.78 is 5.16. The first-order chi connectivity index (χ1) is 14.5. The molecule has 1 N–H and O–H groups in total. The van der Waals surface area contributed by atoms with Gasteiger partial charge in [0.25, 0.3) is 0 Å². The summed E-state index contributed by atoms with van der Waals surface area (Å²) in [6.07, 6.45) is 3.30. The Kier molecular flexibility index (Phi) is 7.85. The van der Waals surface area contributed by atoms with Gasteiger partial charge < -0.3 is 15.0 Å². The van der Waals surface area contributed by atoms with Gasteiger partial charge in [-0.2, -0.15) is 0 Å². The highest BCUT2D eigenvalue weighted by Crippen LogP contribution is 2.21. The number of methoxy groups -OCH3 is 1. The van der Waals surface area contributed by atoms with E-state index in [1.165, 1.54) is 10.5 Å². The zero-order valence-corrected chi connectivity index (χ0v) is 17.8. The monoisotopic (exact) mass is 409 g/mol. The first-order valence-corrected chi connectivity index (χ1v) is 10.5. The topological polar surface area (TPSA) is 61.9 Å². The minimum absolute atomic E-state index is 0.0283. The SMILES string of the molecule is COc1cccc(NC(=O)CN(C)C(=O)CN2CCC(Cc3ccccc3)CC2)c1. The first kappa shape index (κ1) is 21.8. The molecule has 2 aromatic rings. The van der Waals surface area contributed by atoms with Crippen LogP contribution in [-0.2, 0) is 16.0 Å². The number of hydrogen-bond donors (Lipinski definition) is 1. The number of likely N-dealkylation sites (N-methyl/N-ethyl adjacent to an activating group) is 1. The molecule has 1 saturated heterocycles. The van der Waals surface area contributed by atoms with Crippen LogP contribution in [0.5, 0.6) is 5.75 Å². The van der Waals surface area contributed by atoms with Crippen molar-refractivity contribution in [3.8, 4) is 5.75 Å². The van der Waals surface area contributed by atoms with Crippen LogP contribution < -0.4 is 10.1 Å². The van der Waals surface area contributed by atoms with E-state index in [1.807, 2.05) is 18.2 Å². The lowest BCUT2D eigenvalue weighted by Crippen LogP contribution is -2.44. The Labute approximate surface area is 178 Å². The van der Waals surface area contributed by atoms with Crippen LogP contribution in [0.2, 0.25) is 0 Å². The average molecular weight is 410 g/mol. The molecule has 2 aromatic carbocycles. The van der Waals surface area contributed by atoms with Gasteiger partial charge in [-0.25, -0.2) is 0 Å². The fourth-order valence-corrected chi connectivity index (χ4v) is 3.81. The molecule has 30 heavy (non-hydrogen) atoms.